The lowest BCUT2D eigenvalue weighted by atomic mass is 9.90. The lowest BCUT2D eigenvalue weighted by Gasteiger charge is -2.34. The largest absolute Gasteiger partial charge is 0.460 e. The fraction of sp³-hybridized carbons (Fsp3) is 0.333. The summed E-state index contributed by atoms with van der Waals surface area (Å²) >= 11 is 0. The zero-order valence-electron chi connectivity index (χ0n) is 20.5. The van der Waals surface area contributed by atoms with Crippen LogP contribution in [0.3, 0.4) is 0 Å². The molecule has 3 aromatic rings. The number of esters is 1. The zero-order chi connectivity index (χ0) is 28.3. The van der Waals surface area contributed by atoms with Crippen LogP contribution in [0.5, 0.6) is 0 Å². The number of alkyl halides is 6. The number of aromatic nitrogens is 1. The minimum Gasteiger partial charge on any atom is -0.460 e. The number of carbonyl (C=O) groups is 1. The molecule has 1 atom stereocenters. The van der Waals surface area contributed by atoms with Crippen molar-refractivity contribution in [1.82, 2.24) is 15.2 Å². The van der Waals surface area contributed by atoms with Crippen LogP contribution in [-0.2, 0) is 28.3 Å². The van der Waals surface area contributed by atoms with Gasteiger partial charge in [-0.15, -0.1) is 0 Å². The van der Waals surface area contributed by atoms with E-state index in [2.05, 4.69) is 10.3 Å². The van der Waals surface area contributed by atoms with E-state index in [4.69, 9.17) is 4.74 Å². The number of benzene rings is 2. The number of hydrogen-bond donors (Lipinski definition) is 2. The van der Waals surface area contributed by atoms with Crippen molar-refractivity contribution in [2.45, 2.75) is 37.1 Å². The highest BCUT2D eigenvalue weighted by Crippen LogP contribution is 2.50. The van der Waals surface area contributed by atoms with Gasteiger partial charge in [-0.05, 0) is 34.4 Å². The van der Waals surface area contributed by atoms with Gasteiger partial charge >= 0.3 is 18.3 Å². The standard InChI is InChI=1S/C27H25F6N3O3/c28-26(29,30)25(38,27(31,32)33)22-7-5-21(6-8-22)20-3-1-19(2-4-20)17-39-24(37)23-15-35-13-14-36(23)16-18-9-11-34-12-10-18/h1-12,23,35,38H,13-17H2. The number of nitrogens with zero attached hydrogens (tertiary/aromatic N) is 2. The molecule has 1 aromatic heterocycles. The van der Waals surface area contributed by atoms with E-state index in [1.54, 1.807) is 36.7 Å². The van der Waals surface area contributed by atoms with Crippen molar-refractivity contribution in [3.63, 3.8) is 0 Å². The van der Waals surface area contributed by atoms with Crippen LogP contribution in [-0.4, -0.2) is 59.0 Å². The molecule has 208 valence electrons. The molecule has 1 aliphatic heterocycles. The van der Waals surface area contributed by atoms with E-state index in [1.807, 2.05) is 17.0 Å². The number of aliphatic hydroxyl groups is 1. The molecule has 1 saturated heterocycles. The van der Waals surface area contributed by atoms with Gasteiger partial charge in [-0.2, -0.15) is 26.3 Å². The van der Waals surface area contributed by atoms with Crippen LogP contribution in [0.2, 0.25) is 0 Å². The number of pyridine rings is 1. The summed E-state index contributed by atoms with van der Waals surface area (Å²) in [6.45, 7) is 2.40. The van der Waals surface area contributed by atoms with Crippen molar-refractivity contribution in [1.29, 1.82) is 0 Å². The molecular formula is C27H25F6N3O3. The van der Waals surface area contributed by atoms with Gasteiger partial charge in [0, 0.05) is 44.1 Å². The number of halogens is 6. The molecule has 1 unspecified atom stereocenters. The van der Waals surface area contributed by atoms with E-state index < -0.39 is 35.5 Å². The van der Waals surface area contributed by atoms with Gasteiger partial charge in [0.1, 0.15) is 12.6 Å². The Labute approximate surface area is 220 Å². The molecule has 0 bridgehead atoms. The Kier molecular flexibility index (Phi) is 8.28. The Bertz CT molecular complexity index is 1240. The molecule has 0 radical (unpaired) electrons. The molecule has 0 amide bonds. The quantitative estimate of drug-likeness (QED) is 0.330. The van der Waals surface area contributed by atoms with Gasteiger partial charge in [0.15, 0.2) is 0 Å². The van der Waals surface area contributed by atoms with Gasteiger partial charge in [0.05, 0.1) is 0 Å². The number of rotatable bonds is 7. The molecule has 2 heterocycles. The molecule has 0 aliphatic carbocycles. The van der Waals surface area contributed by atoms with Crippen molar-refractivity contribution in [2.24, 2.45) is 0 Å². The molecule has 4 rings (SSSR count). The van der Waals surface area contributed by atoms with Gasteiger partial charge in [-0.1, -0.05) is 48.5 Å². The fourth-order valence-electron chi connectivity index (χ4n) is 4.33. The Morgan fingerprint density at radius 2 is 1.46 bits per heavy atom. The highest BCUT2D eigenvalue weighted by atomic mass is 19.4. The van der Waals surface area contributed by atoms with Crippen molar-refractivity contribution in [3.05, 3.63) is 89.7 Å². The number of carbonyl (C=O) groups excluding carboxylic acids is 1. The topological polar surface area (TPSA) is 74.7 Å². The average molecular weight is 554 g/mol. The van der Waals surface area contributed by atoms with E-state index >= 15 is 0 Å². The summed E-state index contributed by atoms with van der Waals surface area (Å²) < 4.78 is 84.2. The summed E-state index contributed by atoms with van der Waals surface area (Å²) in [5, 5.41) is 12.7. The van der Waals surface area contributed by atoms with Crippen LogP contribution in [0, 0.1) is 0 Å². The van der Waals surface area contributed by atoms with E-state index in [-0.39, 0.29) is 6.61 Å². The summed E-state index contributed by atoms with van der Waals surface area (Å²) in [6.07, 6.45) is -8.52. The minimum absolute atomic E-state index is 0.0121. The predicted octanol–water partition coefficient (Wildman–Crippen LogP) is 4.58. The van der Waals surface area contributed by atoms with Gasteiger partial charge in [-0.3, -0.25) is 14.7 Å². The van der Waals surface area contributed by atoms with Crippen molar-refractivity contribution in [3.8, 4) is 11.1 Å². The molecule has 2 aromatic carbocycles. The first-order chi connectivity index (χ1) is 18.4. The summed E-state index contributed by atoms with van der Waals surface area (Å²) in [4.78, 5) is 18.8. The number of nitrogens with one attached hydrogen (secondary N) is 1. The van der Waals surface area contributed by atoms with Crippen LogP contribution in [0.1, 0.15) is 16.7 Å². The molecule has 1 fully saturated rings. The maximum Gasteiger partial charge on any atom is 0.430 e. The van der Waals surface area contributed by atoms with Crippen LogP contribution in [0.15, 0.2) is 73.1 Å². The van der Waals surface area contributed by atoms with Gasteiger partial charge in [0.2, 0.25) is 0 Å². The number of ether oxygens (including phenoxy) is 1. The highest BCUT2D eigenvalue weighted by Gasteiger charge is 2.71. The first-order valence-electron chi connectivity index (χ1n) is 12.0. The molecule has 39 heavy (non-hydrogen) atoms. The summed E-state index contributed by atoms with van der Waals surface area (Å²) in [7, 11) is 0. The van der Waals surface area contributed by atoms with Crippen LogP contribution in [0.4, 0.5) is 26.3 Å². The van der Waals surface area contributed by atoms with Crippen LogP contribution >= 0.6 is 0 Å². The van der Waals surface area contributed by atoms with Crippen molar-refractivity contribution < 1.29 is 41.0 Å². The normalized spacial score (nSPS) is 17.2. The summed E-state index contributed by atoms with van der Waals surface area (Å²) in [5.74, 6) is -0.391. The monoisotopic (exact) mass is 553 g/mol. The second-order valence-electron chi connectivity index (χ2n) is 9.13. The van der Waals surface area contributed by atoms with Gasteiger partial charge in [0.25, 0.3) is 5.60 Å². The maximum atomic E-state index is 13.1. The average Bonchev–Trinajstić information content (AvgIpc) is 2.91. The third kappa shape index (κ3) is 6.23. The Morgan fingerprint density at radius 3 is 2.03 bits per heavy atom. The van der Waals surface area contributed by atoms with E-state index in [0.29, 0.717) is 48.5 Å². The second kappa shape index (κ2) is 11.3. The number of piperazine rings is 1. The molecule has 1 aliphatic rings. The van der Waals surface area contributed by atoms with Crippen LogP contribution in [0.25, 0.3) is 11.1 Å². The molecular weight excluding hydrogens is 528 g/mol. The predicted molar refractivity (Wildman–Crippen MR) is 129 cm³/mol. The summed E-state index contributed by atoms with van der Waals surface area (Å²) in [6, 6.07) is 13.1. The molecule has 0 spiro atoms. The van der Waals surface area contributed by atoms with E-state index in [1.165, 1.54) is 0 Å². The fourth-order valence-corrected chi connectivity index (χ4v) is 4.33. The lowest BCUT2D eigenvalue weighted by Crippen LogP contribution is -2.54. The molecule has 12 heteroatoms. The van der Waals surface area contributed by atoms with Gasteiger partial charge in [-0.25, -0.2) is 0 Å². The molecule has 2 N–H and O–H groups in total. The van der Waals surface area contributed by atoms with Crippen LogP contribution < -0.4 is 5.32 Å². The third-order valence-corrected chi connectivity index (χ3v) is 6.55. The molecule has 0 saturated carbocycles. The van der Waals surface area contributed by atoms with E-state index in [0.717, 1.165) is 24.2 Å². The van der Waals surface area contributed by atoms with E-state index in [9.17, 15) is 36.2 Å². The minimum atomic E-state index is -5.95. The van der Waals surface area contributed by atoms with Crippen molar-refractivity contribution >= 4 is 5.97 Å². The SMILES string of the molecule is O=C(OCc1ccc(-c2ccc(C(O)(C(F)(F)F)C(F)(F)F)cc2)cc1)C1CNCCN1Cc1ccncc1. The van der Waals surface area contributed by atoms with Gasteiger partial charge < -0.3 is 15.2 Å². The lowest BCUT2D eigenvalue weighted by molar-refractivity contribution is -0.376. The second-order valence-corrected chi connectivity index (χ2v) is 9.13. The smallest absolute Gasteiger partial charge is 0.430 e. The first kappa shape index (κ1) is 28.5. The third-order valence-electron chi connectivity index (χ3n) is 6.55. The highest BCUT2D eigenvalue weighted by molar-refractivity contribution is 5.76. The summed E-state index contributed by atoms with van der Waals surface area (Å²) in [5.41, 5.74) is -3.78. The Morgan fingerprint density at radius 1 is 0.897 bits per heavy atom. The first-order valence-corrected chi connectivity index (χ1v) is 12.0. The number of hydrogen-bond acceptors (Lipinski definition) is 6. The Balaban J connectivity index is 1.39. The molecule has 6 nitrogen and oxygen atoms in total. The van der Waals surface area contributed by atoms with Crippen molar-refractivity contribution in [2.75, 3.05) is 19.6 Å². The zero-order valence-corrected chi connectivity index (χ0v) is 20.5. The maximum absolute atomic E-state index is 13.1. The Hall–Kier alpha value is -3.48.